The number of hydrogen-bond donors (Lipinski definition) is 2. The Kier molecular flexibility index (Phi) is 5.12. The Bertz CT molecular complexity index is 264. The molecule has 5 heteroatoms. The second-order valence-corrected chi connectivity index (χ2v) is 5.54. The second-order valence-electron chi connectivity index (χ2n) is 4.26. The van der Waals surface area contributed by atoms with Gasteiger partial charge in [-0.2, -0.15) is 11.8 Å². The van der Waals surface area contributed by atoms with E-state index in [2.05, 4.69) is 11.6 Å². The largest absolute Gasteiger partial charge is 0.481 e. The molecule has 1 amide bonds. The van der Waals surface area contributed by atoms with Crippen molar-refractivity contribution in [2.45, 2.75) is 43.3 Å². The highest BCUT2D eigenvalue weighted by molar-refractivity contribution is 8.00. The van der Waals surface area contributed by atoms with E-state index in [1.54, 1.807) is 0 Å². The first-order valence-corrected chi connectivity index (χ1v) is 6.84. The lowest BCUT2D eigenvalue weighted by molar-refractivity contribution is -0.137. The van der Waals surface area contributed by atoms with Crippen LogP contribution in [0.25, 0.3) is 0 Å². The summed E-state index contributed by atoms with van der Waals surface area (Å²) in [5.74, 6) is -0.745. The summed E-state index contributed by atoms with van der Waals surface area (Å²) in [5, 5.41) is 11.3. The smallest absolute Gasteiger partial charge is 0.303 e. The Balaban J connectivity index is 2.01. The van der Waals surface area contributed by atoms with Gasteiger partial charge in [0.2, 0.25) is 5.91 Å². The lowest BCUT2D eigenvalue weighted by Gasteiger charge is -2.12. The number of aliphatic carboxylic acids is 1. The predicted molar refractivity (Wildman–Crippen MR) is 64.6 cm³/mol. The standard InChI is InChI=1S/C11H19NO3S/c1-16-11(6-7-11)8-12-9(13)4-2-3-5-10(14)15/h2-8H2,1H3,(H,12,13)(H,14,15). The van der Waals surface area contributed by atoms with Gasteiger partial charge < -0.3 is 10.4 Å². The quantitative estimate of drug-likeness (QED) is 0.638. The maximum absolute atomic E-state index is 11.4. The number of hydrogen-bond acceptors (Lipinski definition) is 3. The number of rotatable bonds is 8. The highest BCUT2D eigenvalue weighted by Crippen LogP contribution is 2.46. The molecule has 1 rings (SSSR count). The van der Waals surface area contributed by atoms with Gasteiger partial charge in [0.1, 0.15) is 0 Å². The van der Waals surface area contributed by atoms with E-state index in [1.165, 1.54) is 12.8 Å². The van der Waals surface area contributed by atoms with Crippen LogP contribution in [0, 0.1) is 0 Å². The molecule has 0 radical (unpaired) electrons. The zero-order valence-corrected chi connectivity index (χ0v) is 10.4. The Morgan fingerprint density at radius 2 is 1.94 bits per heavy atom. The Morgan fingerprint density at radius 1 is 1.31 bits per heavy atom. The fraction of sp³-hybridized carbons (Fsp3) is 0.818. The summed E-state index contributed by atoms with van der Waals surface area (Å²) in [7, 11) is 0. The van der Waals surface area contributed by atoms with Gasteiger partial charge in [-0.15, -0.1) is 0 Å². The fourth-order valence-electron chi connectivity index (χ4n) is 1.50. The molecule has 4 nitrogen and oxygen atoms in total. The van der Waals surface area contributed by atoms with E-state index in [9.17, 15) is 9.59 Å². The number of carboxylic acids is 1. The van der Waals surface area contributed by atoms with Crippen molar-refractivity contribution in [2.24, 2.45) is 0 Å². The topological polar surface area (TPSA) is 66.4 Å². The average Bonchev–Trinajstić information content (AvgIpc) is 3.02. The summed E-state index contributed by atoms with van der Waals surface area (Å²) in [6, 6.07) is 0. The van der Waals surface area contributed by atoms with Crippen LogP contribution < -0.4 is 5.32 Å². The number of thioether (sulfide) groups is 1. The molecule has 0 aromatic carbocycles. The van der Waals surface area contributed by atoms with Crippen LogP contribution >= 0.6 is 11.8 Å². The van der Waals surface area contributed by atoms with Gasteiger partial charge in [-0.25, -0.2) is 0 Å². The average molecular weight is 245 g/mol. The van der Waals surface area contributed by atoms with Crippen LogP contribution in [0.1, 0.15) is 38.5 Å². The highest BCUT2D eigenvalue weighted by atomic mass is 32.2. The van der Waals surface area contributed by atoms with Gasteiger partial charge in [-0.3, -0.25) is 9.59 Å². The van der Waals surface area contributed by atoms with Crippen LogP contribution in [0.2, 0.25) is 0 Å². The van der Waals surface area contributed by atoms with Gasteiger partial charge in [0.05, 0.1) is 0 Å². The Morgan fingerprint density at radius 3 is 2.44 bits per heavy atom. The number of carboxylic acid groups (broad SMARTS) is 1. The summed E-state index contributed by atoms with van der Waals surface area (Å²) in [6.07, 6.45) is 6.29. The molecule has 0 heterocycles. The number of nitrogens with one attached hydrogen (secondary N) is 1. The normalized spacial score (nSPS) is 16.8. The first kappa shape index (κ1) is 13.4. The van der Waals surface area contributed by atoms with Crippen molar-refractivity contribution in [1.82, 2.24) is 5.32 Å². The molecule has 0 saturated heterocycles. The van der Waals surface area contributed by atoms with Crippen molar-refractivity contribution in [1.29, 1.82) is 0 Å². The number of carbonyl (C=O) groups is 2. The van der Waals surface area contributed by atoms with Crippen LogP contribution in [0.3, 0.4) is 0 Å². The molecule has 16 heavy (non-hydrogen) atoms. The zero-order valence-electron chi connectivity index (χ0n) is 9.62. The molecule has 92 valence electrons. The van der Waals surface area contributed by atoms with Crippen molar-refractivity contribution < 1.29 is 14.7 Å². The monoisotopic (exact) mass is 245 g/mol. The molecule has 1 saturated carbocycles. The van der Waals surface area contributed by atoms with Gasteiger partial charge in [0, 0.05) is 24.1 Å². The molecule has 0 unspecified atom stereocenters. The first-order chi connectivity index (χ1) is 7.58. The molecule has 0 spiro atoms. The number of amides is 1. The minimum Gasteiger partial charge on any atom is -0.481 e. The third-order valence-electron chi connectivity index (χ3n) is 2.89. The second kappa shape index (κ2) is 6.13. The van der Waals surface area contributed by atoms with Gasteiger partial charge in [-0.05, 0) is 31.9 Å². The molecular formula is C11H19NO3S. The van der Waals surface area contributed by atoms with E-state index in [1.807, 2.05) is 11.8 Å². The molecule has 0 aromatic heterocycles. The zero-order chi connectivity index (χ0) is 12.0. The van der Waals surface area contributed by atoms with Crippen molar-refractivity contribution in [3.8, 4) is 0 Å². The molecule has 0 aliphatic heterocycles. The summed E-state index contributed by atoms with van der Waals surface area (Å²) >= 11 is 1.82. The third kappa shape index (κ3) is 4.88. The number of unbranched alkanes of at least 4 members (excludes halogenated alkanes) is 1. The maximum atomic E-state index is 11.4. The molecule has 2 N–H and O–H groups in total. The summed E-state index contributed by atoms with van der Waals surface area (Å²) in [4.78, 5) is 21.7. The molecule has 0 bridgehead atoms. The van der Waals surface area contributed by atoms with E-state index < -0.39 is 5.97 Å². The molecule has 0 aromatic rings. The van der Waals surface area contributed by atoms with Gasteiger partial charge in [0.15, 0.2) is 0 Å². The van der Waals surface area contributed by atoms with E-state index in [0.29, 0.717) is 24.0 Å². The van der Waals surface area contributed by atoms with Crippen LogP contribution in [-0.2, 0) is 9.59 Å². The summed E-state index contributed by atoms with van der Waals surface area (Å²) in [5.41, 5.74) is 0. The van der Waals surface area contributed by atoms with Crippen LogP contribution in [0.15, 0.2) is 0 Å². The Labute approximate surface area is 100 Å². The molecule has 1 aliphatic rings. The van der Waals surface area contributed by atoms with Crippen molar-refractivity contribution >= 4 is 23.6 Å². The third-order valence-corrected chi connectivity index (χ3v) is 4.31. The minimum atomic E-state index is -0.792. The van der Waals surface area contributed by atoms with Crippen LogP contribution in [0.5, 0.6) is 0 Å². The van der Waals surface area contributed by atoms with E-state index in [0.717, 1.165) is 6.54 Å². The first-order valence-electron chi connectivity index (χ1n) is 5.62. The fourth-order valence-corrected chi connectivity index (χ4v) is 2.23. The lowest BCUT2D eigenvalue weighted by atomic mass is 10.2. The molecule has 0 atom stereocenters. The molecule has 1 fully saturated rings. The predicted octanol–water partition coefficient (Wildman–Crippen LogP) is 1.64. The van der Waals surface area contributed by atoms with E-state index in [-0.39, 0.29) is 12.3 Å². The van der Waals surface area contributed by atoms with Crippen molar-refractivity contribution in [3.05, 3.63) is 0 Å². The maximum Gasteiger partial charge on any atom is 0.303 e. The summed E-state index contributed by atoms with van der Waals surface area (Å²) < 4.78 is 0.302. The van der Waals surface area contributed by atoms with Crippen LogP contribution in [0.4, 0.5) is 0 Å². The highest BCUT2D eigenvalue weighted by Gasteiger charge is 2.41. The van der Waals surface area contributed by atoms with E-state index in [4.69, 9.17) is 5.11 Å². The lowest BCUT2D eigenvalue weighted by Crippen LogP contribution is -2.31. The Hall–Kier alpha value is -0.710. The summed E-state index contributed by atoms with van der Waals surface area (Å²) in [6.45, 7) is 0.756. The SMILES string of the molecule is CSC1(CNC(=O)CCCCC(=O)O)CC1. The molecular weight excluding hydrogens is 226 g/mol. The van der Waals surface area contributed by atoms with Crippen molar-refractivity contribution in [3.63, 3.8) is 0 Å². The minimum absolute atomic E-state index is 0.0470. The van der Waals surface area contributed by atoms with Gasteiger partial charge >= 0.3 is 5.97 Å². The molecule has 1 aliphatic carbocycles. The number of carbonyl (C=O) groups excluding carboxylic acids is 1. The van der Waals surface area contributed by atoms with E-state index >= 15 is 0 Å². The van der Waals surface area contributed by atoms with Gasteiger partial charge in [0.25, 0.3) is 0 Å². The van der Waals surface area contributed by atoms with Crippen molar-refractivity contribution in [2.75, 3.05) is 12.8 Å². The van der Waals surface area contributed by atoms with Gasteiger partial charge in [-0.1, -0.05) is 0 Å². The van der Waals surface area contributed by atoms with Crippen LogP contribution in [-0.4, -0.2) is 34.5 Å².